The lowest BCUT2D eigenvalue weighted by Crippen LogP contribution is -2.25. The van der Waals surface area contributed by atoms with Crippen molar-refractivity contribution in [2.45, 2.75) is 13.5 Å². The first kappa shape index (κ1) is 15.0. The maximum atomic E-state index is 12.4. The second kappa shape index (κ2) is 6.44. The van der Waals surface area contributed by atoms with E-state index in [1.165, 1.54) is 4.57 Å². The summed E-state index contributed by atoms with van der Waals surface area (Å²) < 4.78 is 1.45. The number of aryl methyl sites for hydroxylation is 1. The number of aromatic nitrogens is 1. The van der Waals surface area contributed by atoms with Crippen LogP contribution in [0.4, 0.5) is 0 Å². The van der Waals surface area contributed by atoms with Crippen LogP contribution in [0.1, 0.15) is 15.9 Å². The van der Waals surface area contributed by atoms with Crippen molar-refractivity contribution in [3.05, 3.63) is 94.4 Å². The average Bonchev–Trinajstić information content (AvgIpc) is 2.60. The molecule has 1 heterocycles. The van der Waals surface area contributed by atoms with Gasteiger partial charge in [0, 0.05) is 17.3 Å². The highest BCUT2D eigenvalue weighted by atomic mass is 16.1. The van der Waals surface area contributed by atoms with E-state index in [4.69, 9.17) is 0 Å². The summed E-state index contributed by atoms with van der Waals surface area (Å²) in [5.41, 5.74) is 3.30. The Labute approximate surface area is 134 Å². The zero-order valence-corrected chi connectivity index (χ0v) is 12.9. The summed E-state index contributed by atoms with van der Waals surface area (Å²) in [6.07, 6.45) is 1.64. The van der Waals surface area contributed by atoms with Gasteiger partial charge in [0.25, 0.3) is 5.56 Å². The maximum Gasteiger partial charge on any atom is 0.253 e. The van der Waals surface area contributed by atoms with Gasteiger partial charge in [-0.1, -0.05) is 60.7 Å². The standard InChI is InChI=1S/C20H17NO2/c1-15-6-5-13-21(20(15)23)14-19(22)18-11-9-17(10-12-18)16-7-3-2-4-8-16/h2-13H,14H2,1H3. The van der Waals surface area contributed by atoms with Crippen LogP contribution < -0.4 is 5.56 Å². The molecule has 0 bridgehead atoms. The van der Waals surface area contributed by atoms with Gasteiger partial charge in [0.2, 0.25) is 0 Å². The Morgan fingerprint density at radius 2 is 1.52 bits per heavy atom. The van der Waals surface area contributed by atoms with Gasteiger partial charge in [-0.15, -0.1) is 0 Å². The van der Waals surface area contributed by atoms with Crippen molar-refractivity contribution in [3.8, 4) is 11.1 Å². The van der Waals surface area contributed by atoms with Crippen molar-refractivity contribution in [1.29, 1.82) is 0 Å². The third-order valence-electron chi connectivity index (χ3n) is 3.84. The highest BCUT2D eigenvalue weighted by Gasteiger charge is 2.09. The number of hydrogen-bond donors (Lipinski definition) is 0. The highest BCUT2D eigenvalue weighted by molar-refractivity contribution is 5.96. The van der Waals surface area contributed by atoms with Crippen LogP contribution in [0.25, 0.3) is 11.1 Å². The molecule has 0 atom stereocenters. The second-order valence-corrected chi connectivity index (χ2v) is 5.49. The molecule has 0 unspecified atom stereocenters. The van der Waals surface area contributed by atoms with Crippen molar-refractivity contribution in [3.63, 3.8) is 0 Å². The Hall–Kier alpha value is -2.94. The van der Waals surface area contributed by atoms with E-state index in [9.17, 15) is 9.59 Å². The lowest BCUT2D eigenvalue weighted by atomic mass is 10.0. The summed E-state index contributed by atoms with van der Waals surface area (Å²) in [4.78, 5) is 24.4. The molecular formula is C20H17NO2. The minimum absolute atomic E-state index is 0.0607. The molecule has 0 aliphatic carbocycles. The number of Topliss-reactive ketones (excluding diaryl/α,β-unsaturated/α-hetero) is 1. The Morgan fingerprint density at radius 1 is 0.870 bits per heavy atom. The molecule has 3 heteroatoms. The quantitative estimate of drug-likeness (QED) is 0.689. The molecule has 23 heavy (non-hydrogen) atoms. The molecule has 3 aromatic rings. The lowest BCUT2D eigenvalue weighted by Gasteiger charge is -2.07. The van der Waals surface area contributed by atoms with Gasteiger partial charge in [0.1, 0.15) is 0 Å². The fourth-order valence-corrected chi connectivity index (χ4v) is 2.51. The monoisotopic (exact) mass is 303 g/mol. The predicted molar refractivity (Wildman–Crippen MR) is 91.6 cm³/mol. The number of pyridine rings is 1. The summed E-state index contributed by atoms with van der Waals surface area (Å²) in [5.74, 6) is -0.0719. The third kappa shape index (κ3) is 3.29. The smallest absolute Gasteiger partial charge is 0.253 e. The normalized spacial score (nSPS) is 10.5. The Kier molecular flexibility index (Phi) is 4.20. The van der Waals surface area contributed by atoms with Gasteiger partial charge < -0.3 is 4.57 Å². The van der Waals surface area contributed by atoms with Gasteiger partial charge in [-0.2, -0.15) is 0 Å². The van der Waals surface area contributed by atoms with E-state index in [1.807, 2.05) is 54.6 Å². The Bertz CT molecular complexity index is 878. The number of hydrogen-bond acceptors (Lipinski definition) is 2. The van der Waals surface area contributed by atoms with Crippen LogP contribution in [-0.4, -0.2) is 10.4 Å². The molecular weight excluding hydrogens is 286 g/mol. The van der Waals surface area contributed by atoms with Crippen LogP contribution in [0, 0.1) is 6.92 Å². The largest absolute Gasteiger partial charge is 0.308 e. The van der Waals surface area contributed by atoms with Crippen LogP contribution in [0.5, 0.6) is 0 Å². The number of carbonyl (C=O) groups excluding carboxylic acids is 1. The van der Waals surface area contributed by atoms with Crippen molar-refractivity contribution >= 4 is 5.78 Å². The van der Waals surface area contributed by atoms with Gasteiger partial charge >= 0.3 is 0 Å². The molecule has 0 spiro atoms. The number of benzene rings is 2. The van der Waals surface area contributed by atoms with Crippen LogP contribution in [0.15, 0.2) is 77.7 Å². The van der Waals surface area contributed by atoms with E-state index in [1.54, 1.807) is 25.3 Å². The van der Waals surface area contributed by atoms with Crippen molar-refractivity contribution < 1.29 is 4.79 Å². The van der Waals surface area contributed by atoms with Crippen molar-refractivity contribution in [2.24, 2.45) is 0 Å². The Balaban J connectivity index is 1.81. The average molecular weight is 303 g/mol. The minimum atomic E-state index is -0.123. The van der Waals surface area contributed by atoms with E-state index in [0.29, 0.717) is 11.1 Å². The minimum Gasteiger partial charge on any atom is -0.308 e. The molecule has 0 saturated heterocycles. The van der Waals surface area contributed by atoms with Crippen LogP contribution in [-0.2, 0) is 6.54 Å². The number of carbonyl (C=O) groups is 1. The molecule has 0 fully saturated rings. The van der Waals surface area contributed by atoms with Crippen molar-refractivity contribution in [2.75, 3.05) is 0 Å². The summed E-state index contributed by atoms with van der Waals surface area (Å²) in [7, 11) is 0. The topological polar surface area (TPSA) is 39.1 Å². The molecule has 0 amide bonds. The summed E-state index contributed by atoms with van der Waals surface area (Å²) in [6, 6.07) is 21.0. The third-order valence-corrected chi connectivity index (χ3v) is 3.84. The van der Waals surface area contributed by atoms with Crippen molar-refractivity contribution in [1.82, 2.24) is 4.57 Å². The van der Waals surface area contributed by atoms with E-state index in [0.717, 1.165) is 11.1 Å². The van der Waals surface area contributed by atoms with E-state index in [2.05, 4.69) is 0 Å². The molecule has 3 nitrogen and oxygen atoms in total. The summed E-state index contributed by atoms with van der Waals surface area (Å²) in [5, 5.41) is 0. The molecule has 0 N–H and O–H groups in total. The summed E-state index contributed by atoms with van der Waals surface area (Å²) in [6.45, 7) is 1.81. The molecule has 0 saturated carbocycles. The molecule has 1 aromatic heterocycles. The predicted octanol–water partition coefficient (Wildman–Crippen LogP) is 3.71. The van der Waals surface area contributed by atoms with E-state index >= 15 is 0 Å². The van der Waals surface area contributed by atoms with E-state index in [-0.39, 0.29) is 17.9 Å². The van der Waals surface area contributed by atoms with Gasteiger partial charge in [-0.3, -0.25) is 9.59 Å². The zero-order valence-electron chi connectivity index (χ0n) is 12.9. The second-order valence-electron chi connectivity index (χ2n) is 5.49. The first-order valence-electron chi connectivity index (χ1n) is 7.50. The molecule has 2 aromatic carbocycles. The molecule has 114 valence electrons. The molecule has 0 aliphatic heterocycles. The van der Waals surface area contributed by atoms with Crippen LogP contribution >= 0.6 is 0 Å². The number of rotatable bonds is 4. The SMILES string of the molecule is Cc1cccn(CC(=O)c2ccc(-c3ccccc3)cc2)c1=O. The fourth-order valence-electron chi connectivity index (χ4n) is 2.51. The summed E-state index contributed by atoms with van der Waals surface area (Å²) >= 11 is 0. The number of ketones is 1. The molecule has 3 rings (SSSR count). The Morgan fingerprint density at radius 3 is 2.22 bits per heavy atom. The van der Waals surface area contributed by atoms with Gasteiger partial charge in [-0.25, -0.2) is 0 Å². The zero-order chi connectivity index (χ0) is 16.2. The molecule has 0 aliphatic rings. The van der Waals surface area contributed by atoms with E-state index < -0.39 is 0 Å². The van der Waals surface area contributed by atoms with Gasteiger partial charge in [0.15, 0.2) is 5.78 Å². The van der Waals surface area contributed by atoms with Crippen LogP contribution in [0.2, 0.25) is 0 Å². The van der Waals surface area contributed by atoms with Gasteiger partial charge in [-0.05, 0) is 24.1 Å². The molecule has 0 radical (unpaired) electrons. The lowest BCUT2D eigenvalue weighted by molar-refractivity contribution is 0.0971. The first-order chi connectivity index (χ1) is 11.1. The van der Waals surface area contributed by atoms with Gasteiger partial charge in [0.05, 0.1) is 6.54 Å². The highest BCUT2D eigenvalue weighted by Crippen LogP contribution is 2.19. The maximum absolute atomic E-state index is 12.4. The first-order valence-corrected chi connectivity index (χ1v) is 7.50. The van der Waals surface area contributed by atoms with Crippen LogP contribution in [0.3, 0.4) is 0 Å². The number of nitrogens with zero attached hydrogens (tertiary/aromatic N) is 1. The fraction of sp³-hybridized carbons (Fsp3) is 0.100.